The molecule has 26 heavy (non-hydrogen) atoms. The van der Waals surface area contributed by atoms with Crippen molar-refractivity contribution in [2.45, 2.75) is 52.4 Å². The van der Waals surface area contributed by atoms with Crippen LogP contribution in [0.2, 0.25) is 0 Å². The first-order valence-electron chi connectivity index (χ1n) is 9.56. The Morgan fingerprint density at radius 2 is 1.58 bits per heavy atom. The highest BCUT2D eigenvalue weighted by Gasteiger charge is 2.56. The van der Waals surface area contributed by atoms with Gasteiger partial charge in [0.25, 0.3) is 0 Å². The summed E-state index contributed by atoms with van der Waals surface area (Å²) >= 11 is 0. The van der Waals surface area contributed by atoms with E-state index in [0.29, 0.717) is 31.2 Å². The lowest BCUT2D eigenvalue weighted by Crippen LogP contribution is -2.42. The first-order valence-corrected chi connectivity index (χ1v) is 9.56. The third-order valence-electron chi connectivity index (χ3n) is 5.08. The lowest BCUT2D eigenvalue weighted by atomic mass is 9.92. The highest BCUT2D eigenvalue weighted by atomic mass is 16.2. The quantitative estimate of drug-likeness (QED) is 0.700. The standard InChI is InChI=1S/C21H33N3O2/c1-14(2)16-8-7-9-17(15(3)4)18(16)23-20(26)21(10-11-21)19(25)22-12-13-24(5)6/h7-9,14-15H,10-13H2,1-6H3,(H,22,25)(H,23,26). The molecule has 5 heteroatoms. The minimum atomic E-state index is -0.898. The Balaban J connectivity index is 2.18. The van der Waals surface area contributed by atoms with Crippen molar-refractivity contribution < 1.29 is 9.59 Å². The highest BCUT2D eigenvalue weighted by molar-refractivity contribution is 6.13. The van der Waals surface area contributed by atoms with Crippen LogP contribution in [-0.4, -0.2) is 43.9 Å². The number of amides is 2. The van der Waals surface area contributed by atoms with E-state index in [0.717, 1.165) is 23.4 Å². The van der Waals surface area contributed by atoms with Crippen LogP contribution >= 0.6 is 0 Å². The van der Waals surface area contributed by atoms with Gasteiger partial charge in [-0.2, -0.15) is 0 Å². The molecule has 0 aliphatic heterocycles. The van der Waals surface area contributed by atoms with Gasteiger partial charge in [-0.05, 0) is 49.9 Å². The number of likely N-dealkylation sites (N-methyl/N-ethyl adjacent to an activating group) is 1. The predicted molar refractivity (Wildman–Crippen MR) is 106 cm³/mol. The number of hydrogen-bond donors (Lipinski definition) is 2. The van der Waals surface area contributed by atoms with Gasteiger partial charge in [0, 0.05) is 18.8 Å². The Labute approximate surface area is 157 Å². The number of nitrogens with zero attached hydrogens (tertiary/aromatic N) is 1. The zero-order valence-electron chi connectivity index (χ0n) is 17.0. The first kappa shape index (κ1) is 20.4. The zero-order chi connectivity index (χ0) is 19.5. The van der Waals surface area contributed by atoms with Gasteiger partial charge in [0.2, 0.25) is 11.8 Å². The summed E-state index contributed by atoms with van der Waals surface area (Å²) in [5.41, 5.74) is 2.22. The van der Waals surface area contributed by atoms with E-state index in [4.69, 9.17) is 0 Å². The normalized spacial score (nSPS) is 15.4. The third kappa shape index (κ3) is 4.44. The van der Waals surface area contributed by atoms with Crippen molar-refractivity contribution in [2.24, 2.45) is 5.41 Å². The molecule has 1 aliphatic rings. The highest BCUT2D eigenvalue weighted by Crippen LogP contribution is 2.47. The van der Waals surface area contributed by atoms with Crippen molar-refractivity contribution in [1.29, 1.82) is 0 Å². The van der Waals surface area contributed by atoms with Crippen LogP contribution in [0.25, 0.3) is 0 Å². The molecule has 0 radical (unpaired) electrons. The maximum absolute atomic E-state index is 13.0. The molecule has 2 N–H and O–H groups in total. The number of nitrogens with one attached hydrogen (secondary N) is 2. The lowest BCUT2D eigenvalue weighted by molar-refractivity contribution is -0.134. The number of anilines is 1. The zero-order valence-corrected chi connectivity index (χ0v) is 17.0. The Kier molecular flexibility index (Phi) is 6.45. The topological polar surface area (TPSA) is 61.4 Å². The van der Waals surface area contributed by atoms with E-state index in [1.165, 1.54) is 0 Å². The van der Waals surface area contributed by atoms with Crippen LogP contribution in [0.4, 0.5) is 5.69 Å². The van der Waals surface area contributed by atoms with Crippen molar-refractivity contribution in [3.8, 4) is 0 Å². The number of benzene rings is 1. The second-order valence-corrected chi connectivity index (χ2v) is 8.22. The van der Waals surface area contributed by atoms with Gasteiger partial charge in [0.1, 0.15) is 5.41 Å². The van der Waals surface area contributed by atoms with E-state index >= 15 is 0 Å². The molecule has 5 nitrogen and oxygen atoms in total. The lowest BCUT2D eigenvalue weighted by Gasteiger charge is -2.22. The number of rotatable bonds is 8. The number of hydrogen-bond acceptors (Lipinski definition) is 3. The van der Waals surface area contributed by atoms with E-state index < -0.39 is 5.41 Å². The Bertz CT molecular complexity index is 635. The van der Waals surface area contributed by atoms with E-state index in [9.17, 15) is 9.59 Å². The molecule has 1 aromatic carbocycles. The Morgan fingerprint density at radius 1 is 1.04 bits per heavy atom. The molecule has 0 saturated heterocycles. The fourth-order valence-corrected chi connectivity index (χ4v) is 3.17. The van der Waals surface area contributed by atoms with E-state index in [-0.39, 0.29) is 11.8 Å². The van der Waals surface area contributed by atoms with Crippen molar-refractivity contribution in [1.82, 2.24) is 10.2 Å². The molecule has 0 spiro atoms. The van der Waals surface area contributed by atoms with E-state index in [1.807, 2.05) is 25.1 Å². The van der Waals surface area contributed by atoms with Crippen LogP contribution in [-0.2, 0) is 9.59 Å². The largest absolute Gasteiger partial charge is 0.354 e. The molecule has 144 valence electrons. The molecule has 0 heterocycles. The molecule has 0 unspecified atom stereocenters. The summed E-state index contributed by atoms with van der Waals surface area (Å²) in [5.74, 6) is 0.279. The first-order chi connectivity index (χ1) is 12.2. The number of para-hydroxylation sites is 1. The number of carbonyl (C=O) groups excluding carboxylic acids is 2. The SMILES string of the molecule is CC(C)c1cccc(C(C)C)c1NC(=O)C1(C(=O)NCCN(C)C)CC1. The van der Waals surface area contributed by atoms with Gasteiger partial charge in [-0.25, -0.2) is 0 Å². The van der Waals surface area contributed by atoms with Crippen LogP contribution in [0.1, 0.15) is 63.5 Å². The van der Waals surface area contributed by atoms with Crippen molar-refractivity contribution in [3.05, 3.63) is 29.3 Å². The molecule has 2 rings (SSSR count). The summed E-state index contributed by atoms with van der Waals surface area (Å²) in [6.07, 6.45) is 1.24. The van der Waals surface area contributed by atoms with Crippen LogP contribution in [0.3, 0.4) is 0 Å². The monoisotopic (exact) mass is 359 g/mol. The minimum Gasteiger partial charge on any atom is -0.354 e. The van der Waals surface area contributed by atoms with Gasteiger partial charge >= 0.3 is 0 Å². The third-order valence-corrected chi connectivity index (χ3v) is 5.08. The fraction of sp³-hybridized carbons (Fsp3) is 0.619. The molecule has 0 aromatic heterocycles. The van der Waals surface area contributed by atoms with Crippen LogP contribution in [0.5, 0.6) is 0 Å². The fourth-order valence-electron chi connectivity index (χ4n) is 3.17. The van der Waals surface area contributed by atoms with Gasteiger partial charge in [-0.1, -0.05) is 45.9 Å². The van der Waals surface area contributed by atoms with Crippen LogP contribution < -0.4 is 10.6 Å². The second-order valence-electron chi connectivity index (χ2n) is 8.22. The molecule has 0 atom stereocenters. The minimum absolute atomic E-state index is 0.148. The van der Waals surface area contributed by atoms with Crippen LogP contribution in [0, 0.1) is 5.41 Å². The van der Waals surface area contributed by atoms with Crippen molar-refractivity contribution in [3.63, 3.8) is 0 Å². The smallest absolute Gasteiger partial charge is 0.240 e. The average Bonchev–Trinajstić information content (AvgIpc) is 3.36. The van der Waals surface area contributed by atoms with Crippen LogP contribution in [0.15, 0.2) is 18.2 Å². The van der Waals surface area contributed by atoms with Gasteiger partial charge in [-0.15, -0.1) is 0 Å². The molecule has 2 amide bonds. The molecule has 1 fully saturated rings. The summed E-state index contributed by atoms with van der Waals surface area (Å²) < 4.78 is 0. The van der Waals surface area contributed by atoms with E-state index in [1.54, 1.807) is 0 Å². The summed E-state index contributed by atoms with van der Waals surface area (Å²) in [6.45, 7) is 9.80. The number of carbonyl (C=O) groups is 2. The van der Waals surface area contributed by atoms with Crippen molar-refractivity contribution in [2.75, 3.05) is 32.5 Å². The summed E-state index contributed by atoms with van der Waals surface area (Å²) in [5, 5.41) is 6.03. The molecular weight excluding hydrogens is 326 g/mol. The van der Waals surface area contributed by atoms with Gasteiger partial charge in [0.05, 0.1) is 0 Å². The Hall–Kier alpha value is -1.88. The molecule has 1 aromatic rings. The van der Waals surface area contributed by atoms with Gasteiger partial charge in [0.15, 0.2) is 0 Å². The average molecular weight is 360 g/mol. The molecular formula is C21H33N3O2. The molecule has 1 aliphatic carbocycles. The maximum Gasteiger partial charge on any atom is 0.240 e. The summed E-state index contributed by atoms with van der Waals surface area (Å²) in [7, 11) is 3.92. The van der Waals surface area contributed by atoms with Gasteiger partial charge in [-0.3, -0.25) is 9.59 Å². The Morgan fingerprint density at radius 3 is 2.00 bits per heavy atom. The summed E-state index contributed by atoms with van der Waals surface area (Å²) in [4.78, 5) is 27.6. The van der Waals surface area contributed by atoms with Gasteiger partial charge < -0.3 is 15.5 Å². The van der Waals surface area contributed by atoms with Crippen molar-refractivity contribution >= 4 is 17.5 Å². The maximum atomic E-state index is 13.0. The molecule has 1 saturated carbocycles. The summed E-state index contributed by atoms with van der Waals surface area (Å²) in [6, 6.07) is 6.16. The second kappa shape index (κ2) is 8.21. The molecule has 0 bridgehead atoms. The predicted octanol–water partition coefficient (Wildman–Crippen LogP) is 3.33. The van der Waals surface area contributed by atoms with E-state index in [2.05, 4.69) is 50.5 Å².